The van der Waals surface area contributed by atoms with Crippen LogP contribution in [0.5, 0.6) is 0 Å². The number of hydrogen-bond donors (Lipinski definition) is 2. The minimum Gasteiger partial charge on any atom is -0.348 e. The van der Waals surface area contributed by atoms with Crippen molar-refractivity contribution in [2.24, 2.45) is 5.92 Å². The normalized spacial score (nSPS) is 15.3. The van der Waals surface area contributed by atoms with Crippen LogP contribution < -0.4 is 15.5 Å². The highest BCUT2D eigenvalue weighted by Gasteiger charge is 2.35. The number of carbonyl (C=O) groups excluding carboxylic acids is 3. The van der Waals surface area contributed by atoms with Gasteiger partial charge in [-0.1, -0.05) is 55.5 Å². The van der Waals surface area contributed by atoms with Gasteiger partial charge in [-0.2, -0.15) is 0 Å². The number of amides is 3. The fourth-order valence-electron chi connectivity index (χ4n) is 4.15. The van der Waals surface area contributed by atoms with Crippen molar-refractivity contribution in [2.75, 3.05) is 16.8 Å². The summed E-state index contributed by atoms with van der Waals surface area (Å²) in [6, 6.07) is 22.6. The lowest BCUT2D eigenvalue weighted by Crippen LogP contribution is -2.29. The SMILES string of the molecule is CCc1ccc(N2C[C@@H](C(=O)Nc3ccccc3C(=O)NCc3ccccc3C)CC2=O)cc1. The summed E-state index contributed by atoms with van der Waals surface area (Å²) in [7, 11) is 0. The van der Waals surface area contributed by atoms with Crippen molar-refractivity contribution < 1.29 is 14.4 Å². The zero-order valence-electron chi connectivity index (χ0n) is 19.5. The van der Waals surface area contributed by atoms with E-state index < -0.39 is 5.92 Å². The lowest BCUT2D eigenvalue weighted by atomic mass is 10.1. The van der Waals surface area contributed by atoms with E-state index in [1.165, 1.54) is 5.56 Å². The van der Waals surface area contributed by atoms with E-state index in [-0.39, 0.29) is 24.1 Å². The van der Waals surface area contributed by atoms with Crippen molar-refractivity contribution in [3.05, 3.63) is 95.1 Å². The van der Waals surface area contributed by atoms with Crippen LogP contribution in [0.2, 0.25) is 0 Å². The average Bonchev–Trinajstić information content (AvgIpc) is 3.25. The van der Waals surface area contributed by atoms with Crippen LogP contribution in [-0.4, -0.2) is 24.3 Å². The second kappa shape index (κ2) is 10.3. The number of nitrogens with zero attached hydrogens (tertiary/aromatic N) is 1. The molecule has 0 unspecified atom stereocenters. The van der Waals surface area contributed by atoms with Gasteiger partial charge in [-0.25, -0.2) is 0 Å². The van der Waals surface area contributed by atoms with Gasteiger partial charge in [-0.05, 0) is 54.3 Å². The molecular weight excluding hydrogens is 426 g/mol. The van der Waals surface area contributed by atoms with Crippen molar-refractivity contribution in [3.63, 3.8) is 0 Å². The van der Waals surface area contributed by atoms with Crippen molar-refractivity contribution in [1.29, 1.82) is 0 Å². The molecule has 1 aliphatic heterocycles. The number of nitrogens with one attached hydrogen (secondary N) is 2. The highest BCUT2D eigenvalue weighted by atomic mass is 16.2. The smallest absolute Gasteiger partial charge is 0.253 e. The van der Waals surface area contributed by atoms with Gasteiger partial charge in [0, 0.05) is 25.2 Å². The summed E-state index contributed by atoms with van der Waals surface area (Å²) < 4.78 is 0. The van der Waals surface area contributed by atoms with Crippen molar-refractivity contribution in [2.45, 2.75) is 33.2 Å². The van der Waals surface area contributed by atoms with E-state index >= 15 is 0 Å². The summed E-state index contributed by atoms with van der Waals surface area (Å²) >= 11 is 0. The van der Waals surface area contributed by atoms with Gasteiger partial charge in [0.2, 0.25) is 11.8 Å². The van der Waals surface area contributed by atoms with Gasteiger partial charge in [0.1, 0.15) is 0 Å². The molecule has 1 saturated heterocycles. The molecule has 6 heteroatoms. The molecule has 6 nitrogen and oxygen atoms in total. The molecule has 3 amide bonds. The molecule has 4 rings (SSSR count). The summed E-state index contributed by atoms with van der Waals surface area (Å²) in [4.78, 5) is 40.1. The Labute approximate surface area is 200 Å². The third kappa shape index (κ3) is 5.17. The maximum Gasteiger partial charge on any atom is 0.253 e. The van der Waals surface area contributed by atoms with Crippen molar-refractivity contribution >= 4 is 29.1 Å². The van der Waals surface area contributed by atoms with Gasteiger partial charge in [0.25, 0.3) is 5.91 Å². The third-order valence-electron chi connectivity index (χ3n) is 6.28. The summed E-state index contributed by atoms with van der Waals surface area (Å²) in [6.07, 6.45) is 1.07. The van der Waals surface area contributed by atoms with E-state index in [0.29, 0.717) is 24.3 Å². The predicted molar refractivity (Wildman–Crippen MR) is 134 cm³/mol. The zero-order valence-corrected chi connectivity index (χ0v) is 19.5. The first-order valence-corrected chi connectivity index (χ1v) is 11.6. The minimum absolute atomic E-state index is 0.0753. The summed E-state index contributed by atoms with van der Waals surface area (Å²) in [5, 5.41) is 5.81. The molecule has 3 aromatic carbocycles. The molecule has 174 valence electrons. The topological polar surface area (TPSA) is 78.5 Å². The molecule has 0 aliphatic carbocycles. The van der Waals surface area contributed by atoms with E-state index in [4.69, 9.17) is 0 Å². The van der Waals surface area contributed by atoms with Crippen LogP contribution in [0, 0.1) is 12.8 Å². The Kier molecular flexibility index (Phi) is 7.07. The fraction of sp³-hybridized carbons (Fsp3) is 0.250. The Hall–Kier alpha value is -3.93. The zero-order chi connectivity index (χ0) is 24.1. The number of hydrogen-bond acceptors (Lipinski definition) is 3. The van der Waals surface area contributed by atoms with Crippen LogP contribution in [-0.2, 0) is 22.6 Å². The predicted octanol–water partition coefficient (Wildman–Crippen LogP) is 4.48. The lowest BCUT2D eigenvalue weighted by Gasteiger charge is -2.17. The van der Waals surface area contributed by atoms with Gasteiger partial charge >= 0.3 is 0 Å². The van der Waals surface area contributed by atoms with Crippen LogP contribution >= 0.6 is 0 Å². The minimum atomic E-state index is -0.485. The van der Waals surface area contributed by atoms with Gasteiger partial charge in [0.15, 0.2) is 0 Å². The first-order chi connectivity index (χ1) is 16.5. The molecule has 3 aromatic rings. The Morgan fingerprint density at radius 1 is 0.971 bits per heavy atom. The standard InChI is InChI=1S/C28H29N3O3/c1-3-20-12-14-23(15-13-20)31-18-22(16-26(31)32)27(33)30-25-11-7-6-10-24(25)28(34)29-17-21-9-5-4-8-19(21)2/h4-15,22H,3,16-18H2,1-2H3,(H,29,34)(H,30,33)/t22-/m0/s1. The molecule has 0 bridgehead atoms. The summed E-state index contributed by atoms with van der Waals surface area (Å²) in [6.45, 7) is 4.80. The largest absolute Gasteiger partial charge is 0.348 e. The van der Waals surface area contributed by atoms with Crippen LogP contribution in [0.1, 0.15) is 40.4 Å². The first-order valence-electron chi connectivity index (χ1n) is 11.6. The van der Waals surface area contributed by atoms with Crippen LogP contribution in [0.15, 0.2) is 72.8 Å². The van der Waals surface area contributed by atoms with Crippen LogP contribution in [0.4, 0.5) is 11.4 Å². The number of aryl methyl sites for hydroxylation is 2. The van der Waals surface area contributed by atoms with E-state index in [2.05, 4.69) is 17.6 Å². The Morgan fingerprint density at radius 2 is 1.68 bits per heavy atom. The van der Waals surface area contributed by atoms with E-state index in [0.717, 1.165) is 23.2 Å². The van der Waals surface area contributed by atoms with Gasteiger partial charge in [0.05, 0.1) is 17.2 Å². The second-order valence-corrected chi connectivity index (χ2v) is 8.57. The summed E-state index contributed by atoms with van der Waals surface area (Å²) in [5.74, 6) is -1.09. The quantitative estimate of drug-likeness (QED) is 0.551. The molecule has 1 heterocycles. The molecule has 1 atom stereocenters. The van der Waals surface area contributed by atoms with Crippen molar-refractivity contribution in [3.8, 4) is 0 Å². The molecule has 0 radical (unpaired) electrons. The molecule has 0 spiro atoms. The Bertz CT molecular complexity index is 1200. The highest BCUT2D eigenvalue weighted by molar-refractivity contribution is 6.07. The lowest BCUT2D eigenvalue weighted by molar-refractivity contribution is -0.122. The van der Waals surface area contributed by atoms with Gasteiger partial charge < -0.3 is 15.5 Å². The number of anilines is 2. The monoisotopic (exact) mass is 455 g/mol. The number of benzene rings is 3. The van der Waals surface area contributed by atoms with Gasteiger partial charge in [-0.15, -0.1) is 0 Å². The fourth-order valence-corrected chi connectivity index (χ4v) is 4.15. The average molecular weight is 456 g/mol. The van der Waals surface area contributed by atoms with Gasteiger partial charge in [-0.3, -0.25) is 14.4 Å². The number of para-hydroxylation sites is 1. The van der Waals surface area contributed by atoms with E-state index in [1.54, 1.807) is 29.2 Å². The van der Waals surface area contributed by atoms with Crippen LogP contribution in [0.25, 0.3) is 0 Å². The molecule has 0 saturated carbocycles. The number of carbonyl (C=O) groups is 3. The molecule has 1 fully saturated rings. The first kappa shape index (κ1) is 23.2. The Balaban J connectivity index is 1.42. The maximum atomic E-state index is 13.0. The summed E-state index contributed by atoms with van der Waals surface area (Å²) in [5.41, 5.74) is 4.96. The Morgan fingerprint density at radius 3 is 2.41 bits per heavy atom. The highest BCUT2D eigenvalue weighted by Crippen LogP contribution is 2.27. The molecule has 34 heavy (non-hydrogen) atoms. The molecule has 2 N–H and O–H groups in total. The molecule has 0 aromatic heterocycles. The van der Waals surface area contributed by atoms with Crippen LogP contribution in [0.3, 0.4) is 0 Å². The van der Waals surface area contributed by atoms with Crippen molar-refractivity contribution in [1.82, 2.24) is 5.32 Å². The second-order valence-electron chi connectivity index (χ2n) is 8.57. The third-order valence-corrected chi connectivity index (χ3v) is 6.28. The maximum absolute atomic E-state index is 13.0. The molecule has 1 aliphatic rings. The number of rotatable bonds is 7. The molecular formula is C28H29N3O3. The van der Waals surface area contributed by atoms with E-state index in [9.17, 15) is 14.4 Å². The van der Waals surface area contributed by atoms with E-state index in [1.807, 2.05) is 55.5 Å².